The molecule has 1 saturated heterocycles. The number of alkyl halides is 3. The number of ether oxygens (including phenoxy) is 1. The predicted octanol–water partition coefficient (Wildman–Crippen LogP) is 4.84. The van der Waals surface area contributed by atoms with Crippen molar-refractivity contribution in [2.24, 2.45) is 0 Å². The van der Waals surface area contributed by atoms with Crippen LogP contribution in [-0.2, 0) is 16.2 Å². The average Bonchev–Trinajstić information content (AvgIpc) is 2.88. The van der Waals surface area contributed by atoms with Gasteiger partial charge in [-0.1, -0.05) is 6.07 Å². The van der Waals surface area contributed by atoms with Crippen molar-refractivity contribution < 1.29 is 30.7 Å². The maximum atomic E-state index is 14.2. The quantitative estimate of drug-likeness (QED) is 0.395. The summed E-state index contributed by atoms with van der Waals surface area (Å²) in [4.78, 5) is 10.1. The molecule has 1 aliphatic rings. The zero-order chi connectivity index (χ0) is 28.6. The van der Waals surface area contributed by atoms with E-state index in [4.69, 9.17) is 4.74 Å². The second kappa shape index (κ2) is 10.7. The molecule has 0 N–H and O–H groups in total. The van der Waals surface area contributed by atoms with E-state index in [1.165, 1.54) is 36.5 Å². The van der Waals surface area contributed by atoms with Gasteiger partial charge in [0, 0.05) is 55.2 Å². The van der Waals surface area contributed by atoms with Gasteiger partial charge >= 0.3 is 6.18 Å². The number of aromatic nitrogens is 2. The molecule has 0 spiro atoms. The Hall–Kier alpha value is -3.29. The minimum atomic E-state index is -4.86. The summed E-state index contributed by atoms with van der Waals surface area (Å²) in [5.41, 5.74) is -1.99. The van der Waals surface area contributed by atoms with E-state index in [0.717, 1.165) is 22.6 Å². The van der Waals surface area contributed by atoms with Crippen LogP contribution in [0.1, 0.15) is 26.3 Å². The van der Waals surface area contributed by atoms with Crippen LogP contribution in [0.25, 0.3) is 11.1 Å². The third-order valence-electron chi connectivity index (χ3n) is 6.43. The van der Waals surface area contributed by atoms with Crippen LogP contribution in [0.4, 0.5) is 23.4 Å². The topological polar surface area (TPSA) is 78.9 Å². The highest BCUT2D eigenvalue weighted by Gasteiger charge is 2.39. The van der Waals surface area contributed by atoms with Crippen LogP contribution in [0.3, 0.4) is 0 Å². The minimum absolute atomic E-state index is 0.0167. The monoisotopic (exact) mass is 567 g/mol. The second-order valence-electron chi connectivity index (χ2n) is 9.96. The lowest BCUT2D eigenvalue weighted by Crippen LogP contribution is -2.59. The fourth-order valence-corrected chi connectivity index (χ4v) is 5.88. The first-order valence-electron chi connectivity index (χ1n) is 12.1. The van der Waals surface area contributed by atoms with Gasteiger partial charge < -0.3 is 4.74 Å². The molecule has 13 heteroatoms. The summed E-state index contributed by atoms with van der Waals surface area (Å²) in [6.07, 6.45) is -2.99. The number of anilines is 1. The van der Waals surface area contributed by atoms with Crippen LogP contribution >= 0.6 is 0 Å². The molecule has 0 unspecified atom stereocenters. The Morgan fingerprint density at radius 1 is 0.949 bits per heavy atom. The van der Waals surface area contributed by atoms with Crippen molar-refractivity contribution >= 4 is 15.8 Å². The van der Waals surface area contributed by atoms with Crippen LogP contribution in [0, 0.1) is 5.82 Å². The van der Waals surface area contributed by atoms with Crippen LogP contribution < -0.4 is 9.15 Å². The van der Waals surface area contributed by atoms with Gasteiger partial charge in [0.25, 0.3) is 10.0 Å². The third-order valence-corrected chi connectivity index (χ3v) is 8.08. The molecule has 3 heterocycles. The molecule has 0 atom stereocenters. The second-order valence-corrected chi connectivity index (χ2v) is 11.7. The van der Waals surface area contributed by atoms with Gasteiger partial charge in [0.15, 0.2) is 10.8 Å². The lowest BCUT2D eigenvalue weighted by Gasteiger charge is -2.45. The van der Waals surface area contributed by atoms with Gasteiger partial charge in [0.2, 0.25) is 0 Å². The maximum absolute atomic E-state index is 14.2. The van der Waals surface area contributed by atoms with Crippen molar-refractivity contribution in [3.05, 3.63) is 66.2 Å². The Balaban J connectivity index is 1.90. The number of methoxy groups -OCH3 is 1. The molecule has 0 saturated carbocycles. The third kappa shape index (κ3) is 5.99. The van der Waals surface area contributed by atoms with Gasteiger partial charge in [0.05, 0.1) is 12.7 Å². The summed E-state index contributed by atoms with van der Waals surface area (Å²) in [6, 6.07) is 8.52. The van der Waals surface area contributed by atoms with Crippen molar-refractivity contribution in [2.75, 3.05) is 37.7 Å². The molecule has 39 heavy (non-hydrogen) atoms. The fourth-order valence-electron chi connectivity index (χ4n) is 4.45. The molecule has 1 fully saturated rings. The first kappa shape index (κ1) is 28.7. The van der Waals surface area contributed by atoms with Crippen LogP contribution in [-0.4, -0.2) is 67.1 Å². The van der Waals surface area contributed by atoms with E-state index in [0.29, 0.717) is 19.3 Å². The van der Waals surface area contributed by atoms with E-state index in [1.54, 1.807) is 6.07 Å². The molecule has 4 rings (SSSR count). The Bertz CT molecular complexity index is 1420. The summed E-state index contributed by atoms with van der Waals surface area (Å²) < 4.78 is 90.3. The number of benzene rings is 1. The van der Waals surface area contributed by atoms with Gasteiger partial charge in [-0.15, -0.1) is 0 Å². The van der Waals surface area contributed by atoms with E-state index in [9.17, 15) is 26.0 Å². The summed E-state index contributed by atoms with van der Waals surface area (Å²) in [6.45, 7) is 7.64. The summed E-state index contributed by atoms with van der Waals surface area (Å²) in [5.74, 6) is -1.09. The van der Waals surface area contributed by atoms with Crippen molar-refractivity contribution in [2.45, 2.75) is 37.5 Å². The average molecular weight is 568 g/mol. The summed E-state index contributed by atoms with van der Waals surface area (Å²) >= 11 is 0. The van der Waals surface area contributed by atoms with Crippen molar-refractivity contribution in [3.63, 3.8) is 0 Å². The number of halogens is 4. The minimum Gasteiger partial charge on any atom is -0.496 e. The Kier molecular flexibility index (Phi) is 7.88. The van der Waals surface area contributed by atoms with Gasteiger partial charge in [-0.05, 0) is 57.2 Å². The molecule has 8 nitrogen and oxygen atoms in total. The van der Waals surface area contributed by atoms with Crippen LogP contribution in [0.5, 0.6) is 5.75 Å². The Morgan fingerprint density at radius 3 is 2.21 bits per heavy atom. The van der Waals surface area contributed by atoms with Gasteiger partial charge in [0.1, 0.15) is 11.6 Å². The Morgan fingerprint density at radius 2 is 1.64 bits per heavy atom. The molecule has 0 aliphatic carbocycles. The molecular weight excluding hydrogens is 538 g/mol. The van der Waals surface area contributed by atoms with E-state index in [1.807, 2.05) is 20.8 Å². The number of hydrogen-bond acceptors (Lipinski definition) is 7. The van der Waals surface area contributed by atoms with Crippen LogP contribution in [0.15, 0.2) is 59.9 Å². The van der Waals surface area contributed by atoms with Gasteiger partial charge in [-0.2, -0.15) is 26.0 Å². The molecule has 0 amide bonds. The molecule has 0 radical (unpaired) electrons. The number of hydrazine groups is 1. The first-order valence-corrected chi connectivity index (χ1v) is 13.5. The number of nitrogens with zero attached hydrogens (tertiary/aromatic N) is 5. The van der Waals surface area contributed by atoms with Crippen molar-refractivity contribution in [3.8, 4) is 16.9 Å². The lowest BCUT2D eigenvalue weighted by atomic mass is 10.00. The number of hydrogen-bond donors (Lipinski definition) is 0. The molecule has 3 aromatic rings. The molecule has 210 valence electrons. The molecule has 1 aromatic carbocycles. The fraction of sp³-hybridized carbons (Fsp3) is 0.385. The van der Waals surface area contributed by atoms with E-state index >= 15 is 0 Å². The van der Waals surface area contributed by atoms with Crippen molar-refractivity contribution in [1.29, 1.82) is 0 Å². The molecule has 2 aromatic heterocycles. The van der Waals surface area contributed by atoms with Gasteiger partial charge in [-0.25, -0.2) is 19.4 Å². The standard InChI is InChI=1S/C26H29F4N5O3S/c1-25(2,3)33-11-13-34(14-12-33)35(39(36,37)24-7-5-6-10-31-24)23-16-19(21(17-32-23)26(28,29)30)20-15-18(27)8-9-22(20)38-4/h5-10,15-17H,11-14H2,1-4H3. The SMILES string of the molecule is COc1ccc(F)cc1-c1cc(N(N2CCN(C(C)(C)C)CC2)S(=O)(=O)c2ccccn2)ncc1C(F)(F)F. The summed E-state index contributed by atoms with van der Waals surface area (Å²) in [7, 11) is -3.15. The maximum Gasteiger partial charge on any atom is 0.418 e. The summed E-state index contributed by atoms with van der Waals surface area (Å²) in [5, 5.41) is 1.23. The molecule has 1 aliphatic heterocycles. The molecular formula is C26H29F4N5O3S. The number of piperazine rings is 1. The predicted molar refractivity (Wildman–Crippen MR) is 138 cm³/mol. The smallest absolute Gasteiger partial charge is 0.418 e. The van der Waals surface area contributed by atoms with Gasteiger partial charge in [-0.3, -0.25) is 4.90 Å². The molecule has 0 bridgehead atoms. The normalized spacial score (nSPS) is 15.8. The number of rotatable bonds is 6. The number of pyridine rings is 2. The first-order chi connectivity index (χ1) is 18.2. The lowest BCUT2D eigenvalue weighted by molar-refractivity contribution is -0.137. The highest BCUT2D eigenvalue weighted by molar-refractivity contribution is 7.92. The van der Waals surface area contributed by atoms with Crippen LogP contribution in [0.2, 0.25) is 0 Å². The zero-order valence-corrected chi connectivity index (χ0v) is 22.7. The van der Waals surface area contributed by atoms with E-state index < -0.39 is 33.1 Å². The largest absolute Gasteiger partial charge is 0.496 e. The van der Waals surface area contributed by atoms with E-state index in [-0.39, 0.29) is 40.8 Å². The number of sulfonamides is 1. The van der Waals surface area contributed by atoms with Crippen molar-refractivity contribution in [1.82, 2.24) is 19.9 Å². The Labute approximate surface area is 224 Å². The van der Waals surface area contributed by atoms with E-state index in [2.05, 4.69) is 14.9 Å². The highest BCUT2D eigenvalue weighted by atomic mass is 32.2. The zero-order valence-electron chi connectivity index (χ0n) is 21.9. The highest BCUT2D eigenvalue weighted by Crippen LogP contribution is 2.42.